The maximum absolute atomic E-state index is 3.60. The normalized spacial score (nSPS) is 11.5. The fourth-order valence-electron chi connectivity index (χ4n) is 4.38. The highest BCUT2D eigenvalue weighted by Crippen LogP contribution is 2.45. The molecule has 0 saturated carbocycles. The second-order valence-electron chi connectivity index (χ2n) is 8.07. The molecule has 4 rings (SSSR count). The molecule has 0 N–H and O–H groups in total. The largest absolute Gasteiger partial charge is 0.0876 e. The van der Waals surface area contributed by atoms with Gasteiger partial charge in [0.25, 0.3) is 0 Å². The molecule has 4 aromatic carbocycles. The lowest BCUT2D eigenvalue weighted by atomic mass is 9.65. The van der Waals surface area contributed by atoms with Crippen molar-refractivity contribution in [1.29, 1.82) is 0 Å². The predicted octanol–water partition coefficient (Wildman–Crippen LogP) is 9.65. The van der Waals surface area contributed by atoms with Crippen LogP contribution in [0.1, 0.15) is 44.5 Å². The summed E-state index contributed by atoms with van der Waals surface area (Å²) in [6.45, 7) is 0. The molecule has 0 aromatic heterocycles. The van der Waals surface area contributed by atoms with E-state index >= 15 is 0 Å². The van der Waals surface area contributed by atoms with Crippen LogP contribution in [0.15, 0.2) is 97.1 Å². The number of hydrogen-bond donors (Lipinski definition) is 0. The quantitative estimate of drug-likeness (QED) is 0.128. The molecule has 0 aliphatic heterocycles. The van der Waals surface area contributed by atoms with E-state index in [0.717, 1.165) is 21.3 Å². The first-order valence-corrected chi connectivity index (χ1v) is 15.3. The summed E-state index contributed by atoms with van der Waals surface area (Å²) in [5.74, 6) is 0. The van der Waals surface area contributed by atoms with Crippen LogP contribution in [0.5, 0.6) is 0 Å². The Kier molecular flexibility index (Phi) is 8.67. The molecule has 0 spiro atoms. The molecule has 0 unspecified atom stereocenters. The van der Waals surface area contributed by atoms with Crippen molar-refractivity contribution in [3.05, 3.63) is 142 Å². The molecule has 0 bridgehead atoms. The lowest BCUT2D eigenvalue weighted by Gasteiger charge is -2.37. The molecule has 0 nitrogen and oxygen atoms in total. The highest BCUT2D eigenvalue weighted by atomic mass is 79.9. The summed E-state index contributed by atoms with van der Waals surface area (Å²) in [6, 6.07) is 36.1. The van der Waals surface area contributed by atoms with Gasteiger partial charge in [-0.2, -0.15) is 0 Å². The third-order valence-corrected chi connectivity index (χ3v) is 8.75. The van der Waals surface area contributed by atoms with Gasteiger partial charge in [0.05, 0.1) is 5.41 Å². The Labute approximate surface area is 230 Å². The van der Waals surface area contributed by atoms with Gasteiger partial charge in [-0.1, -0.05) is 161 Å². The van der Waals surface area contributed by atoms with Crippen LogP contribution >= 0.6 is 63.7 Å². The molecule has 4 heteroatoms. The molecule has 4 aromatic rings. The molecule has 168 valence electrons. The average Bonchev–Trinajstić information content (AvgIpc) is 2.90. The van der Waals surface area contributed by atoms with Gasteiger partial charge in [0.1, 0.15) is 0 Å². The minimum absolute atomic E-state index is 0.425. The number of alkyl halides is 4. The van der Waals surface area contributed by atoms with Crippen LogP contribution < -0.4 is 0 Å². The number of halogens is 4. The smallest absolute Gasteiger partial charge is 0.0701 e. The summed E-state index contributed by atoms with van der Waals surface area (Å²) < 4.78 is 0. The minimum Gasteiger partial charge on any atom is -0.0876 e. The van der Waals surface area contributed by atoms with Crippen molar-refractivity contribution in [3.8, 4) is 0 Å². The van der Waals surface area contributed by atoms with Gasteiger partial charge in [-0.15, -0.1) is 0 Å². The molecule has 0 amide bonds. The van der Waals surface area contributed by atoms with E-state index in [1.54, 1.807) is 0 Å². The van der Waals surface area contributed by atoms with E-state index in [2.05, 4.69) is 161 Å². The van der Waals surface area contributed by atoms with E-state index in [4.69, 9.17) is 0 Å². The highest BCUT2D eigenvalue weighted by Gasteiger charge is 2.38. The van der Waals surface area contributed by atoms with Crippen LogP contribution in [0.3, 0.4) is 0 Å². The van der Waals surface area contributed by atoms with Crippen molar-refractivity contribution >= 4 is 63.7 Å². The molecule has 0 aliphatic carbocycles. The zero-order valence-electron chi connectivity index (χ0n) is 18.1. The summed E-state index contributed by atoms with van der Waals surface area (Å²) in [6.07, 6.45) is 0. The first-order valence-electron chi connectivity index (χ1n) is 10.8. The molecule has 0 aliphatic rings. The van der Waals surface area contributed by atoms with Gasteiger partial charge in [0.2, 0.25) is 0 Å². The van der Waals surface area contributed by atoms with Gasteiger partial charge in [-0.25, -0.2) is 0 Å². The van der Waals surface area contributed by atoms with E-state index in [1.807, 2.05) is 0 Å². The standard InChI is InChI=1S/C29H24Br4/c30-17-21-1-9-25(10-2-21)29(26-11-3-22(18-31)4-12-26,27-13-5-23(19-32)6-14-27)28-15-7-24(20-33)8-16-28/h1-16H,17-20H2. The monoisotopic (exact) mass is 688 g/mol. The summed E-state index contributed by atoms with van der Waals surface area (Å²) in [5, 5.41) is 3.39. The summed E-state index contributed by atoms with van der Waals surface area (Å²) in [7, 11) is 0. The van der Waals surface area contributed by atoms with Crippen LogP contribution in [-0.4, -0.2) is 0 Å². The summed E-state index contributed by atoms with van der Waals surface area (Å²) in [5.41, 5.74) is 9.70. The Morgan fingerprint density at radius 1 is 0.333 bits per heavy atom. The van der Waals surface area contributed by atoms with E-state index in [-0.39, 0.29) is 0 Å². The SMILES string of the molecule is BrCc1ccc(C(c2ccc(CBr)cc2)(c2ccc(CBr)cc2)c2ccc(CBr)cc2)cc1. The second-order valence-corrected chi connectivity index (χ2v) is 10.3. The van der Waals surface area contributed by atoms with Gasteiger partial charge >= 0.3 is 0 Å². The predicted molar refractivity (Wildman–Crippen MR) is 155 cm³/mol. The Morgan fingerprint density at radius 2 is 0.515 bits per heavy atom. The lowest BCUT2D eigenvalue weighted by molar-refractivity contribution is 0.743. The van der Waals surface area contributed by atoms with Gasteiger partial charge in [0, 0.05) is 21.3 Å². The fourth-order valence-corrected chi connectivity index (χ4v) is 5.87. The summed E-state index contributed by atoms with van der Waals surface area (Å²) >= 11 is 14.4. The first-order chi connectivity index (χ1) is 16.1. The maximum Gasteiger partial charge on any atom is 0.0701 e. The Balaban J connectivity index is 2.05. The molecule has 0 radical (unpaired) electrons. The van der Waals surface area contributed by atoms with Crippen LogP contribution in [0.2, 0.25) is 0 Å². The van der Waals surface area contributed by atoms with E-state index < -0.39 is 5.41 Å². The summed E-state index contributed by atoms with van der Waals surface area (Å²) in [4.78, 5) is 0. The average molecular weight is 692 g/mol. The molecule has 0 heterocycles. The zero-order chi connectivity index (χ0) is 23.3. The zero-order valence-corrected chi connectivity index (χ0v) is 24.4. The Morgan fingerprint density at radius 3 is 0.667 bits per heavy atom. The minimum atomic E-state index is -0.425. The van der Waals surface area contributed by atoms with Crippen molar-refractivity contribution in [2.75, 3.05) is 0 Å². The Bertz CT molecular complexity index is 967. The van der Waals surface area contributed by atoms with Gasteiger partial charge < -0.3 is 0 Å². The van der Waals surface area contributed by atoms with Gasteiger partial charge in [-0.3, -0.25) is 0 Å². The molecule has 0 saturated heterocycles. The third kappa shape index (κ3) is 5.10. The molecular weight excluding hydrogens is 668 g/mol. The van der Waals surface area contributed by atoms with Crippen molar-refractivity contribution in [2.24, 2.45) is 0 Å². The highest BCUT2D eigenvalue weighted by molar-refractivity contribution is 9.09. The number of rotatable bonds is 8. The lowest BCUT2D eigenvalue weighted by Crippen LogP contribution is -2.31. The first kappa shape index (κ1) is 24.9. The fraction of sp³-hybridized carbons (Fsp3) is 0.172. The van der Waals surface area contributed by atoms with Crippen molar-refractivity contribution < 1.29 is 0 Å². The van der Waals surface area contributed by atoms with E-state index in [1.165, 1.54) is 44.5 Å². The topological polar surface area (TPSA) is 0 Å². The van der Waals surface area contributed by atoms with E-state index in [9.17, 15) is 0 Å². The molecular formula is C29H24Br4. The van der Waals surface area contributed by atoms with Gasteiger partial charge in [0.15, 0.2) is 0 Å². The van der Waals surface area contributed by atoms with Crippen LogP contribution in [0.25, 0.3) is 0 Å². The molecule has 0 fully saturated rings. The second kappa shape index (κ2) is 11.5. The van der Waals surface area contributed by atoms with Crippen LogP contribution in [0.4, 0.5) is 0 Å². The van der Waals surface area contributed by atoms with Crippen molar-refractivity contribution in [3.63, 3.8) is 0 Å². The van der Waals surface area contributed by atoms with Crippen LogP contribution in [0, 0.1) is 0 Å². The van der Waals surface area contributed by atoms with Crippen molar-refractivity contribution in [1.82, 2.24) is 0 Å². The Hall–Kier alpha value is -1.20. The third-order valence-electron chi connectivity index (χ3n) is 6.17. The number of hydrogen-bond acceptors (Lipinski definition) is 0. The molecule has 33 heavy (non-hydrogen) atoms. The number of benzene rings is 4. The van der Waals surface area contributed by atoms with Crippen LogP contribution in [-0.2, 0) is 26.7 Å². The van der Waals surface area contributed by atoms with E-state index in [0.29, 0.717) is 0 Å². The molecule has 0 atom stereocenters. The van der Waals surface area contributed by atoms with Crippen molar-refractivity contribution in [2.45, 2.75) is 26.7 Å². The maximum atomic E-state index is 3.60. The van der Waals surface area contributed by atoms with Gasteiger partial charge in [-0.05, 0) is 44.5 Å².